The molecule has 33 heavy (non-hydrogen) atoms. The van der Waals surface area contributed by atoms with Crippen LogP contribution in [-0.2, 0) is 0 Å². The van der Waals surface area contributed by atoms with Crippen molar-refractivity contribution in [1.82, 2.24) is 0 Å². The summed E-state index contributed by atoms with van der Waals surface area (Å²) in [4.78, 5) is 5.21. The highest BCUT2D eigenvalue weighted by Gasteiger charge is 2.46. The maximum atomic E-state index is 5.39. The molecule has 0 N–H and O–H groups in total. The molecule has 0 unspecified atom stereocenters. The summed E-state index contributed by atoms with van der Waals surface area (Å²) in [6.45, 7) is 11.3. The standard InChI is InChI=1S/C30H39NO2/c1-8-9-10-11-12-28-27(29(2,3)30(4,5)31-28)21-26(22-13-17-24(32-6)18-14-22)23-15-19-25(33-7)20-16-23/h13-20H,8-12H2,1-7H3. The zero-order chi connectivity index (χ0) is 24.1. The molecule has 3 rings (SSSR count). The Balaban J connectivity index is 2.18. The van der Waals surface area contributed by atoms with Crippen LogP contribution in [0.5, 0.6) is 11.5 Å². The first kappa shape index (κ1) is 24.9. The van der Waals surface area contributed by atoms with Gasteiger partial charge >= 0.3 is 0 Å². The predicted molar refractivity (Wildman–Crippen MR) is 140 cm³/mol. The van der Waals surface area contributed by atoms with Crippen molar-refractivity contribution < 1.29 is 9.47 Å². The molecule has 1 aliphatic rings. The van der Waals surface area contributed by atoms with E-state index in [2.05, 4.69) is 64.6 Å². The maximum Gasteiger partial charge on any atom is 0.118 e. The number of methoxy groups -OCH3 is 2. The fraction of sp³-hybridized carbons (Fsp3) is 0.467. The number of rotatable bonds is 9. The third kappa shape index (κ3) is 5.42. The number of hydrogen-bond acceptors (Lipinski definition) is 3. The van der Waals surface area contributed by atoms with Crippen LogP contribution < -0.4 is 9.47 Å². The smallest absolute Gasteiger partial charge is 0.118 e. The first-order valence-corrected chi connectivity index (χ1v) is 12.1. The summed E-state index contributed by atoms with van der Waals surface area (Å²) in [6.07, 6.45) is 5.94. The lowest BCUT2D eigenvalue weighted by Crippen LogP contribution is -2.34. The minimum absolute atomic E-state index is 0.114. The van der Waals surface area contributed by atoms with Gasteiger partial charge in [0.15, 0.2) is 0 Å². The normalized spacial score (nSPS) is 16.2. The summed E-state index contributed by atoms with van der Waals surface area (Å²) in [5.74, 6) is 1.70. The topological polar surface area (TPSA) is 30.8 Å². The summed E-state index contributed by atoms with van der Waals surface area (Å²) >= 11 is 0. The van der Waals surface area contributed by atoms with E-state index in [4.69, 9.17) is 14.5 Å². The molecule has 3 heteroatoms. The van der Waals surface area contributed by atoms with Gasteiger partial charge in [-0.15, -0.1) is 5.73 Å². The summed E-state index contributed by atoms with van der Waals surface area (Å²) < 4.78 is 10.8. The van der Waals surface area contributed by atoms with E-state index in [-0.39, 0.29) is 11.0 Å². The van der Waals surface area contributed by atoms with Crippen LogP contribution in [-0.4, -0.2) is 25.5 Å². The van der Waals surface area contributed by atoms with Crippen LogP contribution in [0.25, 0.3) is 5.57 Å². The monoisotopic (exact) mass is 445 g/mol. The highest BCUT2D eigenvalue weighted by Crippen LogP contribution is 2.47. The van der Waals surface area contributed by atoms with Crippen LogP contribution in [0.4, 0.5) is 0 Å². The molecule has 0 aliphatic carbocycles. The zero-order valence-electron chi connectivity index (χ0n) is 21.4. The van der Waals surface area contributed by atoms with Crippen molar-refractivity contribution in [2.75, 3.05) is 14.2 Å². The zero-order valence-corrected chi connectivity index (χ0v) is 21.4. The van der Waals surface area contributed by atoms with Gasteiger partial charge in [-0.1, -0.05) is 64.3 Å². The van der Waals surface area contributed by atoms with Gasteiger partial charge in [-0.3, -0.25) is 4.99 Å². The third-order valence-electron chi connectivity index (χ3n) is 7.13. The molecule has 0 aromatic heterocycles. The average Bonchev–Trinajstić information content (AvgIpc) is 2.98. The molecule has 0 fully saturated rings. The number of ether oxygens (including phenoxy) is 2. The molecule has 0 bridgehead atoms. The molecule has 2 aromatic carbocycles. The molecule has 3 nitrogen and oxygen atoms in total. The lowest BCUT2D eigenvalue weighted by molar-refractivity contribution is 0.284. The minimum Gasteiger partial charge on any atom is -0.497 e. The molecular formula is C30H39NO2. The van der Waals surface area contributed by atoms with Crippen molar-refractivity contribution in [3.05, 3.63) is 71.0 Å². The highest BCUT2D eigenvalue weighted by atomic mass is 16.5. The molecule has 1 heterocycles. The average molecular weight is 446 g/mol. The molecule has 0 spiro atoms. The Morgan fingerprint density at radius 2 is 1.30 bits per heavy atom. The van der Waals surface area contributed by atoms with E-state index in [9.17, 15) is 0 Å². The first-order valence-electron chi connectivity index (χ1n) is 12.1. The second-order valence-corrected chi connectivity index (χ2v) is 9.89. The van der Waals surface area contributed by atoms with E-state index in [0.717, 1.165) is 34.6 Å². The second kappa shape index (κ2) is 10.4. The van der Waals surface area contributed by atoms with Crippen LogP contribution in [0, 0.1) is 5.41 Å². The Labute approximate surface area is 200 Å². The largest absolute Gasteiger partial charge is 0.497 e. The van der Waals surface area contributed by atoms with E-state index in [0.29, 0.717) is 0 Å². The summed E-state index contributed by atoms with van der Waals surface area (Å²) in [5, 5.41) is 0. The Kier molecular flexibility index (Phi) is 7.87. The van der Waals surface area contributed by atoms with Gasteiger partial charge < -0.3 is 9.47 Å². The lowest BCUT2D eigenvalue weighted by Gasteiger charge is -2.33. The van der Waals surface area contributed by atoms with Gasteiger partial charge in [-0.25, -0.2) is 0 Å². The van der Waals surface area contributed by atoms with Gasteiger partial charge in [-0.05, 0) is 62.1 Å². The molecule has 0 atom stereocenters. The maximum absolute atomic E-state index is 5.39. The molecule has 0 amide bonds. The summed E-state index contributed by atoms with van der Waals surface area (Å²) in [7, 11) is 3.39. The molecule has 0 saturated carbocycles. The minimum atomic E-state index is -0.166. The first-order chi connectivity index (χ1) is 15.7. The van der Waals surface area contributed by atoms with Gasteiger partial charge in [0.25, 0.3) is 0 Å². The molecule has 0 saturated heterocycles. The van der Waals surface area contributed by atoms with Gasteiger partial charge in [-0.2, -0.15) is 0 Å². The van der Waals surface area contributed by atoms with Gasteiger partial charge in [0.05, 0.1) is 19.8 Å². The van der Waals surface area contributed by atoms with Gasteiger partial charge in [0.1, 0.15) is 11.5 Å². The van der Waals surface area contributed by atoms with Crippen LogP contribution in [0.15, 0.2) is 64.8 Å². The summed E-state index contributed by atoms with van der Waals surface area (Å²) in [5.41, 5.74) is 9.33. The molecule has 1 aliphatic heterocycles. The quantitative estimate of drug-likeness (QED) is 0.290. The van der Waals surface area contributed by atoms with Crippen molar-refractivity contribution in [3.63, 3.8) is 0 Å². The Bertz CT molecular complexity index is 984. The summed E-state index contributed by atoms with van der Waals surface area (Å²) in [6, 6.07) is 16.5. The van der Waals surface area contributed by atoms with E-state index in [1.54, 1.807) is 14.2 Å². The Morgan fingerprint density at radius 3 is 1.76 bits per heavy atom. The van der Waals surface area contributed by atoms with Crippen LogP contribution in [0.1, 0.15) is 77.8 Å². The predicted octanol–water partition coefficient (Wildman–Crippen LogP) is 7.89. The van der Waals surface area contributed by atoms with Crippen molar-refractivity contribution in [1.29, 1.82) is 0 Å². The van der Waals surface area contributed by atoms with E-state index in [1.807, 2.05) is 24.3 Å². The molecule has 0 radical (unpaired) electrons. The van der Waals surface area contributed by atoms with Crippen molar-refractivity contribution >= 4 is 11.3 Å². The third-order valence-corrected chi connectivity index (χ3v) is 7.13. The molecule has 2 aromatic rings. The number of hydrogen-bond donors (Lipinski definition) is 0. The van der Waals surface area contributed by atoms with E-state index >= 15 is 0 Å². The van der Waals surface area contributed by atoms with E-state index in [1.165, 1.54) is 37.0 Å². The van der Waals surface area contributed by atoms with Gasteiger partial charge in [0.2, 0.25) is 0 Å². The van der Waals surface area contributed by atoms with Crippen LogP contribution in [0.2, 0.25) is 0 Å². The number of benzene rings is 2. The fourth-order valence-corrected chi connectivity index (χ4v) is 4.28. The Morgan fingerprint density at radius 1 is 0.788 bits per heavy atom. The van der Waals surface area contributed by atoms with Crippen molar-refractivity contribution in [2.45, 2.75) is 72.3 Å². The van der Waals surface area contributed by atoms with Gasteiger partial charge in [0, 0.05) is 22.3 Å². The van der Waals surface area contributed by atoms with E-state index < -0.39 is 0 Å². The number of nitrogens with zero attached hydrogens (tertiary/aromatic N) is 1. The second-order valence-electron chi connectivity index (χ2n) is 9.89. The van der Waals surface area contributed by atoms with Crippen LogP contribution in [0.3, 0.4) is 0 Å². The van der Waals surface area contributed by atoms with Crippen molar-refractivity contribution in [2.24, 2.45) is 10.4 Å². The fourth-order valence-electron chi connectivity index (χ4n) is 4.28. The number of unbranched alkanes of at least 4 members (excludes halogenated alkanes) is 3. The highest BCUT2D eigenvalue weighted by molar-refractivity contribution is 6.05. The van der Waals surface area contributed by atoms with Crippen LogP contribution >= 0.6 is 0 Å². The SMILES string of the molecule is CCCCCCC1=NC(C)(C)C(C)(C)C1=C=C(c1ccc(OC)cc1)c1ccc(OC)cc1. The Hall–Kier alpha value is -2.77. The lowest BCUT2D eigenvalue weighted by atomic mass is 9.71. The number of aliphatic imine (C=N–C) groups is 1. The van der Waals surface area contributed by atoms with Crippen molar-refractivity contribution in [3.8, 4) is 11.5 Å². The molecular weight excluding hydrogens is 406 g/mol. The molecule has 176 valence electrons.